The van der Waals surface area contributed by atoms with Crippen molar-refractivity contribution in [3.05, 3.63) is 35.9 Å². The maximum Gasteiger partial charge on any atom is 0.320 e. The number of hydrogen-bond donors (Lipinski definition) is 0. The molecule has 0 bridgehead atoms. The van der Waals surface area contributed by atoms with E-state index in [1.165, 1.54) is 0 Å². The number of rotatable bonds is 11. The van der Waals surface area contributed by atoms with Crippen molar-refractivity contribution in [2.24, 2.45) is 5.92 Å². The third-order valence-corrected chi connectivity index (χ3v) is 3.62. The van der Waals surface area contributed by atoms with E-state index in [1.54, 1.807) is 0 Å². The van der Waals surface area contributed by atoms with Crippen LogP contribution in [0.2, 0.25) is 0 Å². The Kier molecular flexibility index (Phi) is 9.76. The van der Waals surface area contributed by atoms with Gasteiger partial charge in [0.15, 0.2) is 5.92 Å². The Labute approximate surface area is 139 Å². The van der Waals surface area contributed by atoms with E-state index in [2.05, 4.69) is 0 Å². The van der Waals surface area contributed by atoms with Crippen molar-refractivity contribution in [1.29, 1.82) is 0 Å². The topological polar surface area (TPSA) is 52.6 Å². The van der Waals surface area contributed by atoms with Crippen LogP contribution in [-0.2, 0) is 25.5 Å². The second kappa shape index (κ2) is 11.7. The van der Waals surface area contributed by atoms with E-state index >= 15 is 0 Å². The number of esters is 2. The largest absolute Gasteiger partial charge is 0.465 e. The fourth-order valence-electron chi connectivity index (χ4n) is 2.12. The van der Waals surface area contributed by atoms with Gasteiger partial charge in [-0.2, -0.15) is 0 Å². The van der Waals surface area contributed by atoms with Crippen molar-refractivity contribution in [2.45, 2.75) is 52.4 Å². The molecule has 0 spiro atoms. The van der Waals surface area contributed by atoms with Crippen LogP contribution in [0.15, 0.2) is 30.3 Å². The average Bonchev–Trinajstić information content (AvgIpc) is 2.56. The molecule has 0 fully saturated rings. The van der Waals surface area contributed by atoms with Crippen LogP contribution in [0.25, 0.3) is 0 Å². The Morgan fingerprint density at radius 2 is 1.43 bits per heavy atom. The van der Waals surface area contributed by atoms with E-state index in [9.17, 15) is 9.59 Å². The lowest BCUT2D eigenvalue weighted by Gasteiger charge is -2.15. The molecule has 0 N–H and O–H groups in total. The van der Waals surface area contributed by atoms with Gasteiger partial charge in [-0.25, -0.2) is 0 Å². The molecule has 128 valence electrons. The van der Waals surface area contributed by atoms with Crippen LogP contribution in [0.4, 0.5) is 0 Å². The minimum atomic E-state index is -0.830. The van der Waals surface area contributed by atoms with E-state index in [4.69, 9.17) is 9.47 Å². The molecule has 0 unspecified atom stereocenters. The zero-order valence-corrected chi connectivity index (χ0v) is 14.3. The molecule has 1 rings (SSSR count). The van der Waals surface area contributed by atoms with Crippen molar-refractivity contribution < 1.29 is 19.1 Å². The Balaban J connectivity index is 2.59. The van der Waals surface area contributed by atoms with Gasteiger partial charge >= 0.3 is 11.9 Å². The highest BCUT2D eigenvalue weighted by molar-refractivity contribution is 5.94. The summed E-state index contributed by atoms with van der Waals surface area (Å²) in [6.45, 7) is 4.78. The maximum absolute atomic E-state index is 12.2. The second-order valence-corrected chi connectivity index (χ2v) is 5.62. The van der Waals surface area contributed by atoms with Gasteiger partial charge in [0.1, 0.15) is 0 Å². The highest BCUT2D eigenvalue weighted by Crippen LogP contribution is 2.14. The van der Waals surface area contributed by atoms with E-state index < -0.39 is 17.9 Å². The molecule has 0 atom stereocenters. The van der Waals surface area contributed by atoms with Crippen molar-refractivity contribution >= 4 is 11.9 Å². The molecule has 1 aromatic carbocycles. The Bertz CT molecular complexity index is 434. The third-order valence-electron chi connectivity index (χ3n) is 3.62. The third kappa shape index (κ3) is 7.82. The van der Waals surface area contributed by atoms with Crippen LogP contribution in [0.5, 0.6) is 0 Å². The normalized spacial score (nSPS) is 10.6. The molecular formula is C19H28O4. The summed E-state index contributed by atoms with van der Waals surface area (Å²) in [6.07, 6.45) is 4.58. The first kappa shape index (κ1) is 19.2. The van der Waals surface area contributed by atoms with Gasteiger partial charge in [0.05, 0.1) is 13.2 Å². The van der Waals surface area contributed by atoms with Gasteiger partial charge in [-0.1, -0.05) is 57.0 Å². The van der Waals surface area contributed by atoms with E-state index in [0.717, 1.165) is 31.2 Å². The molecule has 0 heterocycles. The van der Waals surface area contributed by atoms with Gasteiger partial charge in [-0.15, -0.1) is 0 Å². The van der Waals surface area contributed by atoms with Crippen LogP contribution in [0.3, 0.4) is 0 Å². The van der Waals surface area contributed by atoms with Gasteiger partial charge in [0.25, 0.3) is 0 Å². The first-order valence-electron chi connectivity index (χ1n) is 8.56. The molecule has 4 heteroatoms. The summed E-state index contributed by atoms with van der Waals surface area (Å²) in [5.41, 5.74) is 1.10. The number of aryl methyl sites for hydroxylation is 1. The quantitative estimate of drug-likeness (QED) is 0.352. The molecule has 0 aliphatic carbocycles. The molecule has 0 aromatic heterocycles. The molecule has 4 nitrogen and oxygen atoms in total. The van der Waals surface area contributed by atoms with Crippen molar-refractivity contribution in [2.75, 3.05) is 13.2 Å². The second-order valence-electron chi connectivity index (χ2n) is 5.62. The smallest absolute Gasteiger partial charge is 0.320 e. The van der Waals surface area contributed by atoms with Crippen molar-refractivity contribution in [3.8, 4) is 0 Å². The summed E-state index contributed by atoms with van der Waals surface area (Å²) < 4.78 is 10.4. The van der Waals surface area contributed by atoms with Gasteiger partial charge in [-0.05, 0) is 31.2 Å². The molecular weight excluding hydrogens is 292 g/mol. The SMILES string of the molecule is CCCCOC(=O)C(CCc1ccccc1)C(=O)OCCCC. The lowest BCUT2D eigenvalue weighted by atomic mass is 9.99. The van der Waals surface area contributed by atoms with Gasteiger partial charge in [-0.3, -0.25) is 9.59 Å². The summed E-state index contributed by atoms with van der Waals surface area (Å²) in [5.74, 6) is -1.75. The average molecular weight is 320 g/mol. The lowest BCUT2D eigenvalue weighted by Crippen LogP contribution is -2.29. The predicted molar refractivity (Wildman–Crippen MR) is 90.0 cm³/mol. The standard InChI is InChI=1S/C19H28O4/c1-3-5-14-22-18(20)17(19(21)23-15-6-4-2)13-12-16-10-8-7-9-11-16/h7-11,17H,3-6,12-15H2,1-2H3. The fourth-order valence-corrected chi connectivity index (χ4v) is 2.12. The Morgan fingerprint density at radius 3 is 1.91 bits per heavy atom. The highest BCUT2D eigenvalue weighted by Gasteiger charge is 2.29. The minimum absolute atomic E-state index is 0.361. The number of carbonyl (C=O) groups excluding carboxylic acids is 2. The van der Waals surface area contributed by atoms with Crippen LogP contribution in [-0.4, -0.2) is 25.2 Å². The summed E-state index contributed by atoms with van der Waals surface area (Å²) in [7, 11) is 0. The zero-order valence-electron chi connectivity index (χ0n) is 14.3. The van der Waals surface area contributed by atoms with E-state index in [0.29, 0.717) is 26.1 Å². The van der Waals surface area contributed by atoms with Crippen LogP contribution in [0, 0.1) is 5.92 Å². The van der Waals surface area contributed by atoms with Gasteiger partial charge < -0.3 is 9.47 Å². The zero-order chi connectivity index (χ0) is 16.9. The number of hydrogen-bond acceptors (Lipinski definition) is 4. The summed E-state index contributed by atoms with van der Waals surface area (Å²) in [5, 5.41) is 0. The monoisotopic (exact) mass is 320 g/mol. The minimum Gasteiger partial charge on any atom is -0.465 e. The molecule has 0 aliphatic rings. The molecule has 1 aromatic rings. The highest BCUT2D eigenvalue weighted by atomic mass is 16.6. The summed E-state index contributed by atoms with van der Waals surface area (Å²) in [6, 6.07) is 9.82. The predicted octanol–water partition coefficient (Wildman–Crippen LogP) is 3.92. The molecule has 0 saturated heterocycles. The summed E-state index contributed by atoms with van der Waals surface area (Å²) >= 11 is 0. The summed E-state index contributed by atoms with van der Waals surface area (Å²) in [4.78, 5) is 24.4. The number of unbranched alkanes of at least 4 members (excludes halogenated alkanes) is 2. The number of carbonyl (C=O) groups is 2. The molecule has 0 aliphatic heterocycles. The first-order valence-corrected chi connectivity index (χ1v) is 8.56. The van der Waals surface area contributed by atoms with E-state index in [-0.39, 0.29) is 0 Å². The molecule has 0 amide bonds. The first-order chi connectivity index (χ1) is 11.2. The van der Waals surface area contributed by atoms with Crippen LogP contribution < -0.4 is 0 Å². The van der Waals surface area contributed by atoms with Crippen LogP contribution >= 0.6 is 0 Å². The van der Waals surface area contributed by atoms with Gasteiger partial charge in [0.2, 0.25) is 0 Å². The van der Waals surface area contributed by atoms with Crippen LogP contribution in [0.1, 0.15) is 51.5 Å². The number of ether oxygens (including phenoxy) is 2. The van der Waals surface area contributed by atoms with Crippen molar-refractivity contribution in [3.63, 3.8) is 0 Å². The van der Waals surface area contributed by atoms with Gasteiger partial charge in [0, 0.05) is 0 Å². The maximum atomic E-state index is 12.2. The Hall–Kier alpha value is -1.84. The molecule has 23 heavy (non-hydrogen) atoms. The van der Waals surface area contributed by atoms with E-state index in [1.807, 2.05) is 44.2 Å². The molecule has 0 saturated carbocycles. The Morgan fingerprint density at radius 1 is 0.913 bits per heavy atom. The van der Waals surface area contributed by atoms with Crippen molar-refractivity contribution in [1.82, 2.24) is 0 Å². The lowest BCUT2D eigenvalue weighted by molar-refractivity contribution is -0.162. The molecule has 0 radical (unpaired) electrons. The fraction of sp³-hybridized carbons (Fsp3) is 0.579. The number of benzene rings is 1.